The van der Waals surface area contributed by atoms with Gasteiger partial charge in [-0.25, -0.2) is 4.98 Å². The Morgan fingerprint density at radius 1 is 1.08 bits per heavy atom. The van der Waals surface area contributed by atoms with E-state index >= 15 is 0 Å². The Morgan fingerprint density at radius 3 is 2.12 bits per heavy atom. The molecule has 2 atom stereocenters. The highest BCUT2D eigenvalue weighted by Gasteiger charge is 2.31. The summed E-state index contributed by atoms with van der Waals surface area (Å²) in [5, 5.41) is 0.426. The molecule has 3 nitrogen and oxygen atoms in total. The van der Waals surface area contributed by atoms with Crippen LogP contribution in [0.4, 0.5) is 0 Å². The molecule has 0 unspecified atom stereocenters. The fourth-order valence-electron chi connectivity index (χ4n) is 3.46. The first-order chi connectivity index (χ1) is 12.5. The van der Waals surface area contributed by atoms with Crippen molar-refractivity contribution < 1.29 is 4.79 Å². The second-order valence-corrected chi connectivity index (χ2v) is 7.37. The summed E-state index contributed by atoms with van der Waals surface area (Å²) in [7, 11) is 0. The average Bonchev–Trinajstić information content (AvgIpc) is 3.05. The number of hydrogen-bond acceptors (Lipinski definition) is 3. The minimum Gasteiger partial charge on any atom is -0.295 e. The van der Waals surface area contributed by atoms with Crippen LogP contribution in [0.15, 0.2) is 48.7 Å². The van der Waals surface area contributed by atoms with Crippen molar-refractivity contribution in [1.29, 1.82) is 0 Å². The molecule has 1 aromatic heterocycles. The number of Topliss-reactive ketones (excluding diaryl/α,β-unsaturated/α-hetero) is 1. The number of hydrogen-bond donors (Lipinski definition) is 0. The summed E-state index contributed by atoms with van der Waals surface area (Å²) in [6.45, 7) is 9.14. The van der Waals surface area contributed by atoms with Gasteiger partial charge in [0.2, 0.25) is 0 Å². The molecule has 0 radical (unpaired) electrons. The van der Waals surface area contributed by atoms with Crippen LogP contribution in [0, 0.1) is 18.8 Å². The summed E-state index contributed by atoms with van der Waals surface area (Å²) >= 11 is 5.73. The van der Waals surface area contributed by atoms with Crippen LogP contribution in [-0.2, 0) is 0 Å². The highest BCUT2D eigenvalue weighted by molar-refractivity contribution is 6.29. The predicted molar refractivity (Wildman–Crippen MR) is 109 cm³/mol. The van der Waals surface area contributed by atoms with Crippen LogP contribution >= 0.6 is 11.6 Å². The average molecular weight is 373 g/mol. The van der Waals surface area contributed by atoms with Gasteiger partial charge in [-0.05, 0) is 30.9 Å². The van der Waals surface area contributed by atoms with Crippen molar-refractivity contribution in [3.05, 3.63) is 64.9 Å². The zero-order chi connectivity index (χ0) is 18.9. The fourth-order valence-corrected chi connectivity index (χ4v) is 3.57. The van der Waals surface area contributed by atoms with Gasteiger partial charge in [-0.2, -0.15) is 0 Å². The maximum Gasteiger partial charge on any atom is 0.178 e. The molecule has 2 heterocycles. The molecule has 1 saturated heterocycles. The zero-order valence-corrected chi connectivity index (χ0v) is 16.7. The number of benzene rings is 1. The lowest BCUT2D eigenvalue weighted by atomic mass is 9.92. The van der Waals surface area contributed by atoms with Crippen molar-refractivity contribution in [3.8, 4) is 0 Å². The van der Waals surface area contributed by atoms with E-state index in [-0.39, 0.29) is 5.78 Å². The SMILES string of the molecule is CC[C@@H]1CN(CC(=O)c2ccc(Cl)nc2)C[C@@H]1CC.Cc1ccccc1. The van der Waals surface area contributed by atoms with Crippen LogP contribution in [0.2, 0.25) is 5.15 Å². The summed E-state index contributed by atoms with van der Waals surface area (Å²) < 4.78 is 0. The van der Waals surface area contributed by atoms with E-state index in [4.69, 9.17) is 11.6 Å². The Bertz CT molecular complexity index is 660. The summed E-state index contributed by atoms with van der Waals surface area (Å²) in [6, 6.07) is 13.7. The molecule has 4 heteroatoms. The lowest BCUT2D eigenvalue weighted by molar-refractivity contribution is 0.0941. The van der Waals surface area contributed by atoms with Crippen LogP contribution in [0.3, 0.4) is 0 Å². The predicted octanol–water partition coefficient (Wildman–Crippen LogP) is 5.28. The molecule has 1 fully saturated rings. The number of carbonyl (C=O) groups excluding carboxylic acids is 1. The van der Waals surface area contributed by atoms with Crippen molar-refractivity contribution >= 4 is 17.4 Å². The lowest BCUT2D eigenvalue weighted by Gasteiger charge is -2.14. The Labute approximate surface area is 162 Å². The molecule has 0 spiro atoms. The van der Waals surface area contributed by atoms with E-state index < -0.39 is 0 Å². The summed E-state index contributed by atoms with van der Waals surface area (Å²) in [5.41, 5.74) is 1.97. The molecule has 0 bridgehead atoms. The molecular weight excluding hydrogens is 344 g/mol. The van der Waals surface area contributed by atoms with E-state index in [1.165, 1.54) is 18.4 Å². The van der Waals surface area contributed by atoms with Crippen molar-refractivity contribution in [1.82, 2.24) is 9.88 Å². The van der Waals surface area contributed by atoms with Gasteiger partial charge < -0.3 is 0 Å². The summed E-state index contributed by atoms with van der Waals surface area (Å²) in [6.07, 6.45) is 3.97. The zero-order valence-electron chi connectivity index (χ0n) is 16.0. The highest BCUT2D eigenvalue weighted by atomic mass is 35.5. The number of aromatic nitrogens is 1. The van der Waals surface area contributed by atoms with Crippen LogP contribution in [-0.4, -0.2) is 35.3 Å². The number of ketones is 1. The molecule has 0 amide bonds. The van der Waals surface area contributed by atoms with E-state index in [1.807, 2.05) is 18.2 Å². The van der Waals surface area contributed by atoms with Crippen molar-refractivity contribution in [2.45, 2.75) is 33.6 Å². The number of halogens is 1. The van der Waals surface area contributed by atoms with Gasteiger partial charge in [0.1, 0.15) is 5.15 Å². The molecule has 3 rings (SSSR count). The van der Waals surface area contributed by atoms with E-state index in [0.717, 1.165) is 24.9 Å². The van der Waals surface area contributed by atoms with E-state index in [2.05, 4.69) is 42.8 Å². The second kappa shape index (κ2) is 10.4. The van der Waals surface area contributed by atoms with Gasteiger partial charge in [0, 0.05) is 24.8 Å². The Kier molecular flexibility index (Phi) is 8.27. The van der Waals surface area contributed by atoms with E-state index in [1.54, 1.807) is 18.3 Å². The first kappa shape index (κ1) is 20.6. The molecule has 1 aliphatic heterocycles. The normalized spacial score (nSPS) is 19.7. The highest BCUT2D eigenvalue weighted by Crippen LogP contribution is 2.28. The molecule has 0 saturated carbocycles. The van der Waals surface area contributed by atoms with E-state index in [0.29, 0.717) is 17.3 Å². The first-order valence-corrected chi connectivity index (χ1v) is 9.80. The molecule has 140 valence electrons. The first-order valence-electron chi connectivity index (χ1n) is 9.42. The van der Waals surface area contributed by atoms with Crippen LogP contribution in [0.1, 0.15) is 42.6 Å². The number of nitrogens with zero attached hydrogens (tertiary/aromatic N) is 2. The van der Waals surface area contributed by atoms with Gasteiger partial charge in [-0.1, -0.05) is 74.2 Å². The molecule has 1 aliphatic rings. The van der Waals surface area contributed by atoms with Crippen LogP contribution in [0.25, 0.3) is 0 Å². The van der Waals surface area contributed by atoms with Crippen molar-refractivity contribution in [2.24, 2.45) is 11.8 Å². The quantitative estimate of drug-likeness (QED) is 0.528. The third-order valence-corrected chi connectivity index (χ3v) is 5.28. The van der Waals surface area contributed by atoms with Crippen molar-refractivity contribution in [3.63, 3.8) is 0 Å². The third-order valence-electron chi connectivity index (χ3n) is 5.06. The van der Waals surface area contributed by atoms with E-state index in [9.17, 15) is 4.79 Å². The van der Waals surface area contributed by atoms with Gasteiger partial charge in [0.05, 0.1) is 6.54 Å². The number of pyridine rings is 1. The van der Waals surface area contributed by atoms with Gasteiger partial charge in [0.25, 0.3) is 0 Å². The molecular formula is C22H29ClN2O. The maximum absolute atomic E-state index is 12.2. The van der Waals surface area contributed by atoms with Gasteiger partial charge in [-0.15, -0.1) is 0 Å². The molecule has 26 heavy (non-hydrogen) atoms. The monoisotopic (exact) mass is 372 g/mol. The summed E-state index contributed by atoms with van der Waals surface area (Å²) in [4.78, 5) is 18.4. The molecule has 2 aromatic rings. The number of aryl methyl sites for hydroxylation is 1. The number of rotatable bonds is 5. The van der Waals surface area contributed by atoms with Crippen LogP contribution < -0.4 is 0 Å². The van der Waals surface area contributed by atoms with Gasteiger partial charge >= 0.3 is 0 Å². The Balaban J connectivity index is 0.000000290. The third kappa shape index (κ3) is 6.22. The summed E-state index contributed by atoms with van der Waals surface area (Å²) in [5.74, 6) is 1.61. The number of carbonyl (C=O) groups is 1. The maximum atomic E-state index is 12.2. The fraction of sp³-hybridized carbons (Fsp3) is 0.455. The largest absolute Gasteiger partial charge is 0.295 e. The Morgan fingerprint density at radius 2 is 1.69 bits per heavy atom. The minimum atomic E-state index is 0.135. The van der Waals surface area contributed by atoms with Crippen LogP contribution in [0.5, 0.6) is 0 Å². The minimum absolute atomic E-state index is 0.135. The Hall–Kier alpha value is -1.71. The van der Waals surface area contributed by atoms with Gasteiger partial charge in [0.15, 0.2) is 5.78 Å². The smallest absolute Gasteiger partial charge is 0.178 e. The molecule has 0 N–H and O–H groups in total. The topological polar surface area (TPSA) is 33.2 Å². The number of likely N-dealkylation sites (tertiary alicyclic amines) is 1. The lowest BCUT2D eigenvalue weighted by Crippen LogP contribution is -2.28. The second-order valence-electron chi connectivity index (χ2n) is 6.98. The van der Waals surface area contributed by atoms with Gasteiger partial charge in [-0.3, -0.25) is 9.69 Å². The standard InChI is InChI=1S/C15H21ClN2O.C7H8/c1-3-11-8-18(9-12(11)4-2)10-14(19)13-5-6-15(16)17-7-13;1-7-5-3-2-4-6-7/h5-7,11-12H,3-4,8-10H2,1-2H3;2-6H,1H3/t11-,12+;. The van der Waals surface area contributed by atoms with Crippen molar-refractivity contribution in [2.75, 3.05) is 19.6 Å². The molecule has 0 aliphatic carbocycles. The molecule has 1 aromatic carbocycles.